The van der Waals surface area contributed by atoms with E-state index in [1.54, 1.807) is 11.3 Å². The van der Waals surface area contributed by atoms with Crippen molar-refractivity contribution in [2.45, 2.75) is 32.2 Å². The van der Waals surface area contributed by atoms with Gasteiger partial charge in [0, 0.05) is 16.8 Å². The molecule has 0 saturated heterocycles. The molecule has 0 aliphatic heterocycles. The highest BCUT2D eigenvalue weighted by molar-refractivity contribution is 7.16. The van der Waals surface area contributed by atoms with Gasteiger partial charge in [-0.05, 0) is 24.0 Å². The van der Waals surface area contributed by atoms with Gasteiger partial charge in [-0.1, -0.05) is 25.4 Å². The summed E-state index contributed by atoms with van der Waals surface area (Å²) in [5.74, 6) is 0.611. The van der Waals surface area contributed by atoms with Gasteiger partial charge in [0.15, 0.2) is 0 Å². The Morgan fingerprint density at radius 2 is 2.23 bits per heavy atom. The van der Waals surface area contributed by atoms with E-state index in [2.05, 4.69) is 19.9 Å². The zero-order valence-electron chi connectivity index (χ0n) is 7.88. The summed E-state index contributed by atoms with van der Waals surface area (Å²) in [5.41, 5.74) is 6.21. The molecule has 2 N–H and O–H groups in total. The number of rotatable bonds is 1. The predicted octanol–water partition coefficient (Wildman–Crippen LogP) is 3.24. The highest BCUT2D eigenvalue weighted by atomic mass is 35.5. The summed E-state index contributed by atoms with van der Waals surface area (Å²) in [6.07, 6.45) is 1.10. The maximum Gasteiger partial charge on any atom is 0.0931 e. The summed E-state index contributed by atoms with van der Waals surface area (Å²) in [7, 11) is 0. The van der Waals surface area contributed by atoms with Crippen LogP contribution in [0.5, 0.6) is 0 Å². The summed E-state index contributed by atoms with van der Waals surface area (Å²) < 4.78 is 0.881. The first-order valence-electron chi connectivity index (χ1n) is 4.52. The third-order valence-corrected chi connectivity index (χ3v) is 4.63. The van der Waals surface area contributed by atoms with Crippen LogP contribution >= 0.6 is 22.9 Å². The zero-order valence-corrected chi connectivity index (χ0v) is 9.45. The fourth-order valence-corrected chi connectivity index (χ4v) is 3.33. The van der Waals surface area contributed by atoms with Gasteiger partial charge >= 0.3 is 0 Å². The molecule has 1 aliphatic carbocycles. The number of hydrogen-bond donors (Lipinski definition) is 1. The highest BCUT2D eigenvalue weighted by Gasteiger charge is 2.47. The molecule has 1 aromatic rings. The molecule has 2 rings (SSSR count). The van der Waals surface area contributed by atoms with Crippen LogP contribution in [0.3, 0.4) is 0 Å². The molecule has 2 unspecified atom stereocenters. The van der Waals surface area contributed by atoms with Crippen LogP contribution in [0, 0.1) is 5.41 Å². The molecule has 72 valence electrons. The topological polar surface area (TPSA) is 26.0 Å². The minimum Gasteiger partial charge on any atom is -0.327 e. The van der Waals surface area contributed by atoms with Gasteiger partial charge in [-0.3, -0.25) is 0 Å². The average molecular weight is 216 g/mol. The molecule has 1 heterocycles. The Hall–Kier alpha value is -0.0500. The van der Waals surface area contributed by atoms with Crippen LogP contribution in [0.1, 0.15) is 31.1 Å². The van der Waals surface area contributed by atoms with Crippen LogP contribution < -0.4 is 5.73 Å². The van der Waals surface area contributed by atoms with Gasteiger partial charge in [0.2, 0.25) is 0 Å². The maximum absolute atomic E-state index is 5.96. The molecule has 1 aromatic heterocycles. The monoisotopic (exact) mass is 215 g/mol. The highest BCUT2D eigenvalue weighted by Crippen LogP contribution is 2.53. The van der Waals surface area contributed by atoms with Crippen molar-refractivity contribution in [2.75, 3.05) is 0 Å². The minimum absolute atomic E-state index is 0.244. The smallest absolute Gasteiger partial charge is 0.0931 e. The molecule has 1 fully saturated rings. The first-order valence-corrected chi connectivity index (χ1v) is 5.72. The summed E-state index contributed by atoms with van der Waals surface area (Å²) in [6.45, 7) is 4.47. The Kier molecular flexibility index (Phi) is 2.17. The summed E-state index contributed by atoms with van der Waals surface area (Å²) in [6, 6.07) is 4.45. The standard InChI is InChI=1S/C10H14ClNS/c1-10(2)6(5-8(10)12)7-3-4-9(11)13-7/h3-4,6,8H,5,12H2,1-2H3. The lowest BCUT2D eigenvalue weighted by Crippen LogP contribution is -2.52. The molecule has 0 bridgehead atoms. The van der Waals surface area contributed by atoms with Crippen LogP contribution in [0.25, 0.3) is 0 Å². The van der Waals surface area contributed by atoms with Gasteiger partial charge in [-0.15, -0.1) is 11.3 Å². The molecular weight excluding hydrogens is 202 g/mol. The van der Waals surface area contributed by atoms with Crippen LogP contribution in [-0.4, -0.2) is 6.04 Å². The molecule has 1 saturated carbocycles. The van der Waals surface area contributed by atoms with Crippen LogP contribution in [-0.2, 0) is 0 Å². The number of halogens is 1. The van der Waals surface area contributed by atoms with Crippen molar-refractivity contribution >= 4 is 22.9 Å². The summed E-state index contributed by atoms with van der Waals surface area (Å²) >= 11 is 7.59. The minimum atomic E-state index is 0.244. The van der Waals surface area contributed by atoms with E-state index < -0.39 is 0 Å². The second-order valence-electron chi connectivity index (χ2n) is 4.36. The van der Waals surface area contributed by atoms with Gasteiger partial charge in [0.1, 0.15) is 0 Å². The van der Waals surface area contributed by atoms with Gasteiger partial charge in [-0.25, -0.2) is 0 Å². The molecule has 1 nitrogen and oxygen atoms in total. The number of nitrogens with two attached hydrogens (primary N) is 1. The quantitative estimate of drug-likeness (QED) is 0.765. The molecule has 0 radical (unpaired) electrons. The van der Waals surface area contributed by atoms with Gasteiger partial charge in [0.05, 0.1) is 4.34 Å². The van der Waals surface area contributed by atoms with E-state index in [-0.39, 0.29) is 5.41 Å². The van der Waals surface area contributed by atoms with Crippen molar-refractivity contribution in [1.82, 2.24) is 0 Å². The van der Waals surface area contributed by atoms with E-state index >= 15 is 0 Å². The molecule has 0 aromatic carbocycles. The average Bonchev–Trinajstić information content (AvgIpc) is 2.47. The predicted molar refractivity (Wildman–Crippen MR) is 58.4 cm³/mol. The first kappa shape index (κ1) is 9.50. The SMILES string of the molecule is CC1(C)C(N)CC1c1ccc(Cl)s1. The van der Waals surface area contributed by atoms with E-state index in [0.717, 1.165) is 10.8 Å². The maximum atomic E-state index is 5.96. The van der Waals surface area contributed by atoms with Crippen LogP contribution in [0.4, 0.5) is 0 Å². The molecule has 1 aliphatic rings. The van der Waals surface area contributed by atoms with Crippen molar-refractivity contribution < 1.29 is 0 Å². The normalized spacial score (nSPS) is 31.4. The van der Waals surface area contributed by atoms with Crippen LogP contribution in [0.2, 0.25) is 4.34 Å². The molecule has 3 heteroatoms. The van der Waals surface area contributed by atoms with Crippen molar-refractivity contribution in [3.8, 4) is 0 Å². The molecule has 0 spiro atoms. The third-order valence-electron chi connectivity index (χ3n) is 3.28. The second-order valence-corrected chi connectivity index (χ2v) is 6.10. The lowest BCUT2D eigenvalue weighted by Gasteiger charge is -2.50. The fraction of sp³-hybridized carbons (Fsp3) is 0.600. The van der Waals surface area contributed by atoms with E-state index in [9.17, 15) is 0 Å². The van der Waals surface area contributed by atoms with Gasteiger partial charge in [-0.2, -0.15) is 0 Å². The lowest BCUT2D eigenvalue weighted by atomic mass is 9.58. The Labute approximate surface area is 87.9 Å². The van der Waals surface area contributed by atoms with Gasteiger partial charge in [0.25, 0.3) is 0 Å². The summed E-state index contributed by atoms with van der Waals surface area (Å²) in [5, 5.41) is 0. The molecular formula is C10H14ClNS. The molecule has 0 amide bonds. The van der Waals surface area contributed by atoms with Crippen molar-refractivity contribution in [3.63, 3.8) is 0 Å². The fourth-order valence-electron chi connectivity index (χ4n) is 1.96. The van der Waals surface area contributed by atoms with Crippen molar-refractivity contribution in [3.05, 3.63) is 21.3 Å². The largest absolute Gasteiger partial charge is 0.327 e. The lowest BCUT2D eigenvalue weighted by molar-refractivity contribution is 0.101. The van der Waals surface area contributed by atoms with Crippen LogP contribution in [0.15, 0.2) is 12.1 Å². The third kappa shape index (κ3) is 1.41. The Morgan fingerprint density at radius 1 is 1.54 bits per heavy atom. The van der Waals surface area contributed by atoms with Gasteiger partial charge < -0.3 is 5.73 Å². The van der Waals surface area contributed by atoms with E-state index in [1.165, 1.54) is 4.88 Å². The van der Waals surface area contributed by atoms with Crippen molar-refractivity contribution in [2.24, 2.45) is 11.1 Å². The number of hydrogen-bond acceptors (Lipinski definition) is 2. The second kappa shape index (κ2) is 2.97. The van der Waals surface area contributed by atoms with E-state index in [4.69, 9.17) is 17.3 Å². The Morgan fingerprint density at radius 3 is 2.62 bits per heavy atom. The van der Waals surface area contributed by atoms with Crippen molar-refractivity contribution in [1.29, 1.82) is 0 Å². The summed E-state index contributed by atoms with van der Waals surface area (Å²) in [4.78, 5) is 1.39. The Bertz CT molecular complexity index is 318. The van der Waals surface area contributed by atoms with E-state index in [0.29, 0.717) is 12.0 Å². The zero-order chi connectivity index (χ0) is 9.64. The molecule has 13 heavy (non-hydrogen) atoms. The first-order chi connectivity index (χ1) is 6.01. The molecule has 2 atom stereocenters. The van der Waals surface area contributed by atoms with E-state index in [1.807, 2.05) is 6.07 Å². The number of thiophene rings is 1. The Balaban J connectivity index is 2.21.